The first-order valence-electron chi connectivity index (χ1n) is 4.42. The van der Waals surface area contributed by atoms with Crippen molar-refractivity contribution in [3.8, 4) is 0 Å². The van der Waals surface area contributed by atoms with E-state index in [0.717, 1.165) is 24.8 Å². The summed E-state index contributed by atoms with van der Waals surface area (Å²) in [6, 6.07) is 3.72. The molecule has 0 bridgehead atoms. The van der Waals surface area contributed by atoms with Gasteiger partial charge in [-0.1, -0.05) is 19.8 Å². The molecule has 0 saturated heterocycles. The van der Waals surface area contributed by atoms with Crippen LogP contribution in [-0.2, 0) is 0 Å². The van der Waals surface area contributed by atoms with Gasteiger partial charge in [0.05, 0.1) is 6.10 Å². The molecule has 0 aliphatic rings. The van der Waals surface area contributed by atoms with Crippen molar-refractivity contribution >= 4 is 0 Å². The molecule has 12 heavy (non-hydrogen) atoms. The van der Waals surface area contributed by atoms with Crippen LogP contribution in [-0.4, -0.2) is 10.1 Å². The average molecular weight is 165 g/mol. The van der Waals surface area contributed by atoms with Crippen LogP contribution in [0.15, 0.2) is 24.5 Å². The van der Waals surface area contributed by atoms with Crippen molar-refractivity contribution < 1.29 is 5.11 Å². The summed E-state index contributed by atoms with van der Waals surface area (Å²) in [5.74, 6) is 0. The van der Waals surface area contributed by atoms with E-state index in [1.165, 1.54) is 0 Å². The summed E-state index contributed by atoms with van der Waals surface area (Å²) < 4.78 is 0. The summed E-state index contributed by atoms with van der Waals surface area (Å²) in [6.07, 6.45) is 6.16. The van der Waals surface area contributed by atoms with Gasteiger partial charge in [0, 0.05) is 12.4 Å². The highest BCUT2D eigenvalue weighted by Gasteiger charge is 2.04. The monoisotopic (exact) mass is 165 g/mol. The summed E-state index contributed by atoms with van der Waals surface area (Å²) in [4.78, 5) is 3.90. The zero-order valence-corrected chi connectivity index (χ0v) is 7.40. The smallest absolute Gasteiger partial charge is 0.0791 e. The van der Waals surface area contributed by atoms with Gasteiger partial charge >= 0.3 is 0 Å². The lowest BCUT2D eigenvalue weighted by molar-refractivity contribution is 0.164. The van der Waals surface area contributed by atoms with Crippen LogP contribution in [0.2, 0.25) is 0 Å². The second kappa shape index (κ2) is 4.88. The minimum absolute atomic E-state index is 0.312. The molecule has 0 aromatic carbocycles. The Labute approximate surface area is 73.3 Å². The van der Waals surface area contributed by atoms with Crippen LogP contribution in [0.1, 0.15) is 37.9 Å². The fourth-order valence-corrected chi connectivity index (χ4v) is 1.15. The third-order valence-electron chi connectivity index (χ3n) is 1.92. The van der Waals surface area contributed by atoms with E-state index in [0.29, 0.717) is 0 Å². The molecular weight excluding hydrogens is 150 g/mol. The molecule has 1 rings (SSSR count). The number of hydrogen-bond acceptors (Lipinski definition) is 2. The van der Waals surface area contributed by atoms with E-state index >= 15 is 0 Å². The molecule has 1 heterocycles. The van der Waals surface area contributed by atoms with Crippen LogP contribution < -0.4 is 0 Å². The molecule has 1 aromatic rings. The van der Waals surface area contributed by atoms with Crippen LogP contribution in [0.3, 0.4) is 0 Å². The van der Waals surface area contributed by atoms with Crippen LogP contribution in [0.25, 0.3) is 0 Å². The Balaban J connectivity index is 2.48. The van der Waals surface area contributed by atoms with E-state index in [1.807, 2.05) is 12.1 Å². The van der Waals surface area contributed by atoms with E-state index < -0.39 is 0 Å². The normalized spacial score (nSPS) is 12.8. The Hall–Kier alpha value is -0.890. The van der Waals surface area contributed by atoms with E-state index in [2.05, 4.69) is 11.9 Å². The Kier molecular flexibility index (Phi) is 3.74. The number of aliphatic hydroxyl groups excluding tert-OH is 1. The maximum absolute atomic E-state index is 9.62. The maximum Gasteiger partial charge on any atom is 0.0791 e. The summed E-state index contributed by atoms with van der Waals surface area (Å²) in [5, 5.41) is 9.62. The second-order valence-electron chi connectivity index (χ2n) is 2.94. The highest BCUT2D eigenvalue weighted by Crippen LogP contribution is 2.17. The number of unbranched alkanes of at least 4 members (excludes halogenated alkanes) is 1. The first-order chi connectivity index (χ1) is 5.84. The van der Waals surface area contributed by atoms with E-state index in [1.54, 1.807) is 12.4 Å². The molecule has 0 saturated carbocycles. The molecule has 0 aliphatic heterocycles. The Morgan fingerprint density at radius 2 is 2.08 bits per heavy atom. The highest BCUT2D eigenvalue weighted by atomic mass is 16.3. The maximum atomic E-state index is 9.62. The topological polar surface area (TPSA) is 33.1 Å². The second-order valence-corrected chi connectivity index (χ2v) is 2.94. The first-order valence-corrected chi connectivity index (χ1v) is 4.42. The lowest BCUT2D eigenvalue weighted by atomic mass is 10.1. The minimum Gasteiger partial charge on any atom is -0.388 e. The lowest BCUT2D eigenvalue weighted by Crippen LogP contribution is -1.96. The standard InChI is InChI=1S/C10H15NO/c1-2-3-4-10(12)9-5-7-11-8-6-9/h5-8,10,12H,2-4H2,1H3. The van der Waals surface area contributed by atoms with Gasteiger partial charge in [-0.25, -0.2) is 0 Å². The summed E-state index contributed by atoms with van der Waals surface area (Å²) in [7, 11) is 0. The molecule has 2 nitrogen and oxygen atoms in total. The zero-order valence-electron chi connectivity index (χ0n) is 7.40. The Morgan fingerprint density at radius 1 is 1.42 bits per heavy atom. The van der Waals surface area contributed by atoms with Gasteiger partial charge < -0.3 is 5.11 Å². The average Bonchev–Trinajstić information content (AvgIpc) is 2.15. The van der Waals surface area contributed by atoms with Crippen molar-refractivity contribution in [2.45, 2.75) is 32.3 Å². The van der Waals surface area contributed by atoms with Crippen LogP contribution >= 0.6 is 0 Å². The fourth-order valence-electron chi connectivity index (χ4n) is 1.15. The molecule has 0 radical (unpaired) electrons. The quantitative estimate of drug-likeness (QED) is 0.742. The Morgan fingerprint density at radius 3 is 2.67 bits per heavy atom. The minimum atomic E-state index is -0.312. The molecule has 66 valence electrons. The summed E-state index contributed by atoms with van der Waals surface area (Å²) >= 11 is 0. The lowest BCUT2D eigenvalue weighted by Gasteiger charge is -2.08. The van der Waals surface area contributed by atoms with Gasteiger partial charge in [-0.05, 0) is 24.1 Å². The van der Waals surface area contributed by atoms with Crippen LogP contribution in [0, 0.1) is 0 Å². The summed E-state index contributed by atoms with van der Waals surface area (Å²) in [6.45, 7) is 2.12. The number of pyridine rings is 1. The molecule has 0 spiro atoms. The number of hydrogen-bond donors (Lipinski definition) is 1. The predicted molar refractivity (Wildman–Crippen MR) is 48.7 cm³/mol. The van der Waals surface area contributed by atoms with Crippen molar-refractivity contribution in [1.82, 2.24) is 4.98 Å². The SMILES string of the molecule is CCCCC(O)c1ccncc1. The predicted octanol–water partition coefficient (Wildman–Crippen LogP) is 2.31. The summed E-state index contributed by atoms with van der Waals surface area (Å²) in [5.41, 5.74) is 0.971. The van der Waals surface area contributed by atoms with Crippen molar-refractivity contribution in [2.24, 2.45) is 0 Å². The number of aromatic nitrogens is 1. The highest BCUT2D eigenvalue weighted by molar-refractivity contribution is 5.12. The molecule has 0 aliphatic carbocycles. The van der Waals surface area contributed by atoms with Crippen molar-refractivity contribution in [3.05, 3.63) is 30.1 Å². The van der Waals surface area contributed by atoms with Gasteiger partial charge in [0.25, 0.3) is 0 Å². The molecule has 0 amide bonds. The zero-order chi connectivity index (χ0) is 8.81. The van der Waals surface area contributed by atoms with Gasteiger partial charge in [-0.3, -0.25) is 4.98 Å². The van der Waals surface area contributed by atoms with Gasteiger partial charge in [0.1, 0.15) is 0 Å². The fraction of sp³-hybridized carbons (Fsp3) is 0.500. The van der Waals surface area contributed by atoms with Crippen molar-refractivity contribution in [2.75, 3.05) is 0 Å². The molecule has 0 fully saturated rings. The van der Waals surface area contributed by atoms with E-state index in [4.69, 9.17) is 0 Å². The van der Waals surface area contributed by atoms with Gasteiger partial charge in [0.2, 0.25) is 0 Å². The number of nitrogens with zero attached hydrogens (tertiary/aromatic N) is 1. The van der Waals surface area contributed by atoms with E-state index in [9.17, 15) is 5.11 Å². The third-order valence-corrected chi connectivity index (χ3v) is 1.92. The molecule has 1 unspecified atom stereocenters. The molecule has 1 atom stereocenters. The largest absolute Gasteiger partial charge is 0.388 e. The van der Waals surface area contributed by atoms with Crippen LogP contribution in [0.4, 0.5) is 0 Å². The van der Waals surface area contributed by atoms with Crippen molar-refractivity contribution in [3.63, 3.8) is 0 Å². The Bertz CT molecular complexity index is 210. The number of aliphatic hydroxyl groups is 1. The van der Waals surface area contributed by atoms with Crippen LogP contribution in [0.5, 0.6) is 0 Å². The third kappa shape index (κ3) is 2.62. The van der Waals surface area contributed by atoms with Gasteiger partial charge in [-0.2, -0.15) is 0 Å². The van der Waals surface area contributed by atoms with Gasteiger partial charge in [-0.15, -0.1) is 0 Å². The molecule has 1 aromatic heterocycles. The number of rotatable bonds is 4. The molecule has 1 N–H and O–H groups in total. The molecule has 2 heteroatoms. The first kappa shape index (κ1) is 9.20. The van der Waals surface area contributed by atoms with Gasteiger partial charge in [0.15, 0.2) is 0 Å². The van der Waals surface area contributed by atoms with E-state index in [-0.39, 0.29) is 6.10 Å². The van der Waals surface area contributed by atoms with Crippen molar-refractivity contribution in [1.29, 1.82) is 0 Å². The molecular formula is C10H15NO.